The van der Waals surface area contributed by atoms with E-state index in [9.17, 15) is 4.79 Å². The average Bonchev–Trinajstić information content (AvgIpc) is 2.97. The van der Waals surface area contributed by atoms with Crippen molar-refractivity contribution in [3.05, 3.63) is 0 Å². The van der Waals surface area contributed by atoms with Gasteiger partial charge in [-0.25, -0.2) is 0 Å². The van der Waals surface area contributed by atoms with Crippen molar-refractivity contribution in [2.24, 2.45) is 17.1 Å². The minimum atomic E-state index is -0.336. The summed E-state index contributed by atoms with van der Waals surface area (Å²) in [6.07, 6.45) is 3.12. The molecule has 0 bridgehead atoms. The number of nitrogens with zero attached hydrogens (tertiary/aromatic N) is 1. The average molecular weight is 240 g/mol. The highest BCUT2D eigenvalue weighted by Crippen LogP contribution is 2.38. The van der Waals surface area contributed by atoms with E-state index < -0.39 is 0 Å². The first-order valence-electron chi connectivity index (χ1n) is 6.70. The van der Waals surface area contributed by atoms with Gasteiger partial charge in [0.25, 0.3) is 0 Å². The van der Waals surface area contributed by atoms with Crippen molar-refractivity contribution >= 4 is 5.91 Å². The second-order valence-corrected chi connectivity index (χ2v) is 5.72. The quantitative estimate of drug-likeness (QED) is 0.800. The van der Waals surface area contributed by atoms with E-state index in [1.54, 1.807) is 0 Å². The van der Waals surface area contributed by atoms with Gasteiger partial charge in [0.2, 0.25) is 5.91 Å². The molecule has 4 nitrogen and oxygen atoms in total. The van der Waals surface area contributed by atoms with Gasteiger partial charge in [-0.2, -0.15) is 0 Å². The summed E-state index contributed by atoms with van der Waals surface area (Å²) in [6, 6.07) is -0.336. The molecule has 1 spiro atoms. The van der Waals surface area contributed by atoms with Crippen molar-refractivity contribution in [2.45, 2.75) is 39.2 Å². The Labute approximate surface area is 103 Å². The predicted octanol–water partition coefficient (Wildman–Crippen LogP) is 0.999. The minimum absolute atomic E-state index is 0.128. The highest BCUT2D eigenvalue weighted by Gasteiger charge is 2.43. The maximum atomic E-state index is 12.2. The number of carbonyl (C=O) groups is 1. The van der Waals surface area contributed by atoms with Crippen molar-refractivity contribution in [1.82, 2.24) is 4.90 Å². The van der Waals surface area contributed by atoms with Crippen molar-refractivity contribution in [3.63, 3.8) is 0 Å². The molecule has 17 heavy (non-hydrogen) atoms. The molecule has 4 heteroatoms. The lowest BCUT2D eigenvalue weighted by molar-refractivity contribution is -0.133. The lowest BCUT2D eigenvalue weighted by Gasteiger charge is -2.26. The number of nitrogens with two attached hydrogens (primary N) is 1. The van der Waals surface area contributed by atoms with E-state index in [2.05, 4.69) is 6.92 Å². The monoisotopic (exact) mass is 240 g/mol. The highest BCUT2D eigenvalue weighted by molar-refractivity contribution is 5.82. The van der Waals surface area contributed by atoms with E-state index in [4.69, 9.17) is 10.5 Å². The fourth-order valence-electron chi connectivity index (χ4n) is 2.80. The Bertz CT molecular complexity index is 287. The van der Waals surface area contributed by atoms with Crippen LogP contribution < -0.4 is 5.73 Å². The molecule has 2 fully saturated rings. The lowest BCUT2D eigenvalue weighted by atomic mass is 9.87. The molecule has 98 valence electrons. The molecule has 0 aromatic carbocycles. The zero-order valence-corrected chi connectivity index (χ0v) is 10.9. The number of amides is 1. The number of hydrogen-bond acceptors (Lipinski definition) is 3. The molecular weight excluding hydrogens is 216 g/mol. The van der Waals surface area contributed by atoms with E-state index in [0.29, 0.717) is 0 Å². The van der Waals surface area contributed by atoms with Crippen molar-refractivity contribution in [2.75, 3.05) is 26.3 Å². The normalized spacial score (nSPS) is 32.1. The Hall–Kier alpha value is -0.610. The van der Waals surface area contributed by atoms with Crippen LogP contribution in [-0.4, -0.2) is 43.2 Å². The Morgan fingerprint density at radius 1 is 1.53 bits per heavy atom. The molecule has 2 N–H and O–H groups in total. The first-order chi connectivity index (χ1) is 8.08. The Kier molecular flexibility index (Phi) is 3.73. The molecule has 2 heterocycles. The second-order valence-electron chi connectivity index (χ2n) is 5.72. The summed E-state index contributed by atoms with van der Waals surface area (Å²) in [5.74, 6) is 0.391. The Balaban J connectivity index is 1.93. The summed E-state index contributed by atoms with van der Waals surface area (Å²) >= 11 is 0. The van der Waals surface area contributed by atoms with Crippen LogP contribution in [-0.2, 0) is 9.53 Å². The van der Waals surface area contributed by atoms with Crippen LogP contribution in [0.2, 0.25) is 0 Å². The zero-order chi connectivity index (χ0) is 12.5. The smallest absolute Gasteiger partial charge is 0.239 e. The third kappa shape index (κ3) is 2.47. The molecule has 2 aliphatic rings. The molecule has 0 aliphatic carbocycles. The van der Waals surface area contributed by atoms with Crippen LogP contribution in [0.3, 0.4) is 0 Å². The maximum Gasteiger partial charge on any atom is 0.239 e. The van der Waals surface area contributed by atoms with Crippen LogP contribution in [0.5, 0.6) is 0 Å². The van der Waals surface area contributed by atoms with Gasteiger partial charge < -0.3 is 15.4 Å². The standard InChI is InChI=1S/C13H24N2O2/c1-3-10(2)11(14)12(16)15-6-4-13(8-15)5-7-17-9-13/h10-11H,3-9,14H2,1-2H3. The SMILES string of the molecule is CCC(C)C(N)C(=O)N1CCC2(CCOC2)C1. The zero-order valence-electron chi connectivity index (χ0n) is 10.9. The van der Waals surface area contributed by atoms with E-state index >= 15 is 0 Å². The van der Waals surface area contributed by atoms with Crippen molar-refractivity contribution in [1.29, 1.82) is 0 Å². The van der Waals surface area contributed by atoms with Gasteiger partial charge in [-0.15, -0.1) is 0 Å². The molecule has 2 rings (SSSR count). The highest BCUT2D eigenvalue weighted by atomic mass is 16.5. The first-order valence-corrected chi connectivity index (χ1v) is 6.70. The summed E-state index contributed by atoms with van der Waals surface area (Å²) in [7, 11) is 0. The van der Waals surface area contributed by atoms with Gasteiger partial charge >= 0.3 is 0 Å². The number of hydrogen-bond donors (Lipinski definition) is 1. The van der Waals surface area contributed by atoms with Gasteiger partial charge in [-0.05, 0) is 18.8 Å². The largest absolute Gasteiger partial charge is 0.381 e. The third-order valence-corrected chi connectivity index (χ3v) is 4.48. The van der Waals surface area contributed by atoms with E-state index in [1.165, 1.54) is 0 Å². The molecule has 2 saturated heterocycles. The van der Waals surface area contributed by atoms with E-state index in [1.807, 2.05) is 11.8 Å². The van der Waals surface area contributed by atoms with Crippen LogP contribution in [0.15, 0.2) is 0 Å². The lowest BCUT2D eigenvalue weighted by Crippen LogP contribution is -2.46. The molecule has 3 unspecified atom stereocenters. The topological polar surface area (TPSA) is 55.6 Å². The summed E-state index contributed by atoms with van der Waals surface area (Å²) in [6.45, 7) is 7.48. The first kappa shape index (κ1) is 12.8. The van der Waals surface area contributed by atoms with Crippen LogP contribution in [0.25, 0.3) is 0 Å². The molecule has 2 aliphatic heterocycles. The molecule has 0 saturated carbocycles. The van der Waals surface area contributed by atoms with Gasteiger partial charge in [-0.1, -0.05) is 20.3 Å². The summed E-state index contributed by atoms with van der Waals surface area (Å²) in [5.41, 5.74) is 6.26. The van der Waals surface area contributed by atoms with Gasteiger partial charge in [0.05, 0.1) is 12.6 Å². The molecule has 0 aromatic heterocycles. The Morgan fingerprint density at radius 2 is 2.29 bits per heavy atom. The number of likely N-dealkylation sites (tertiary alicyclic amines) is 1. The van der Waals surface area contributed by atoms with Gasteiger partial charge in [0.1, 0.15) is 0 Å². The van der Waals surface area contributed by atoms with Crippen LogP contribution in [0.4, 0.5) is 0 Å². The van der Waals surface area contributed by atoms with Crippen LogP contribution in [0.1, 0.15) is 33.1 Å². The third-order valence-electron chi connectivity index (χ3n) is 4.48. The van der Waals surface area contributed by atoms with Gasteiger partial charge in [-0.3, -0.25) is 4.79 Å². The van der Waals surface area contributed by atoms with Gasteiger partial charge in [0, 0.05) is 25.1 Å². The molecule has 0 radical (unpaired) electrons. The number of ether oxygens (including phenoxy) is 1. The van der Waals surface area contributed by atoms with E-state index in [0.717, 1.165) is 45.6 Å². The van der Waals surface area contributed by atoms with Gasteiger partial charge in [0.15, 0.2) is 0 Å². The van der Waals surface area contributed by atoms with Crippen LogP contribution in [0, 0.1) is 11.3 Å². The molecular formula is C13H24N2O2. The summed E-state index contributed by atoms with van der Waals surface area (Å²) < 4.78 is 5.47. The fourth-order valence-corrected chi connectivity index (χ4v) is 2.80. The van der Waals surface area contributed by atoms with E-state index in [-0.39, 0.29) is 23.3 Å². The number of rotatable bonds is 3. The molecule has 3 atom stereocenters. The summed E-state index contributed by atoms with van der Waals surface area (Å²) in [4.78, 5) is 14.2. The van der Waals surface area contributed by atoms with Crippen LogP contribution >= 0.6 is 0 Å². The maximum absolute atomic E-state index is 12.2. The molecule has 1 amide bonds. The molecule has 0 aromatic rings. The number of carbonyl (C=O) groups excluding carboxylic acids is 1. The predicted molar refractivity (Wildman–Crippen MR) is 66.5 cm³/mol. The van der Waals surface area contributed by atoms with Crippen molar-refractivity contribution in [3.8, 4) is 0 Å². The Morgan fingerprint density at radius 3 is 2.88 bits per heavy atom. The minimum Gasteiger partial charge on any atom is -0.381 e. The fraction of sp³-hybridized carbons (Fsp3) is 0.923. The summed E-state index contributed by atoms with van der Waals surface area (Å²) in [5, 5.41) is 0. The second kappa shape index (κ2) is 4.94. The van der Waals surface area contributed by atoms with Crippen molar-refractivity contribution < 1.29 is 9.53 Å².